The summed E-state index contributed by atoms with van der Waals surface area (Å²) in [5.74, 6) is -2.30. The number of aromatic amines is 1. The van der Waals surface area contributed by atoms with Crippen molar-refractivity contribution in [1.29, 1.82) is 0 Å². The van der Waals surface area contributed by atoms with Crippen molar-refractivity contribution < 1.29 is 62.0 Å². The van der Waals surface area contributed by atoms with E-state index in [9.17, 15) is 29.2 Å². The number of H-pyrrole nitrogens is 1. The number of fused-ring (bicyclic) bond motifs is 6. The number of esters is 3. The summed E-state index contributed by atoms with van der Waals surface area (Å²) in [6.45, 7) is 12.2. The zero-order valence-corrected chi connectivity index (χ0v) is 43.1. The summed E-state index contributed by atoms with van der Waals surface area (Å²) in [6.07, 6.45) is 5.55. The molecule has 71 heavy (non-hydrogen) atoms. The van der Waals surface area contributed by atoms with Gasteiger partial charge in [0.1, 0.15) is 11.2 Å². The minimum atomic E-state index is -3.33. The lowest BCUT2D eigenvalue weighted by atomic mass is 9.47. The third-order valence-electron chi connectivity index (χ3n) is 17.0. The highest BCUT2D eigenvalue weighted by molar-refractivity contribution is 7.53. The van der Waals surface area contributed by atoms with E-state index in [0.29, 0.717) is 100 Å². The lowest BCUT2D eigenvalue weighted by molar-refractivity contribution is -0.228. The second kappa shape index (κ2) is 18.9. The van der Waals surface area contributed by atoms with Crippen LogP contribution in [0.25, 0.3) is 10.9 Å². The van der Waals surface area contributed by atoms with Crippen molar-refractivity contribution in [2.24, 2.45) is 11.3 Å². The first-order valence-corrected chi connectivity index (χ1v) is 26.9. The van der Waals surface area contributed by atoms with Gasteiger partial charge in [-0.25, -0.2) is 4.79 Å². The molecule has 1 aromatic heterocycles. The fourth-order valence-electron chi connectivity index (χ4n) is 14.4. The van der Waals surface area contributed by atoms with Crippen molar-refractivity contribution in [2.45, 2.75) is 113 Å². The highest BCUT2D eigenvalue weighted by Gasteiger charge is 2.81. The Bertz CT molecular complexity index is 2670. The predicted octanol–water partition coefficient (Wildman–Crippen LogP) is 5.20. The number of hydrogen-bond donors (Lipinski definition) is 4. The van der Waals surface area contributed by atoms with Crippen LogP contribution in [0.1, 0.15) is 89.1 Å². The van der Waals surface area contributed by atoms with E-state index in [2.05, 4.69) is 20.1 Å². The summed E-state index contributed by atoms with van der Waals surface area (Å²) in [4.78, 5) is 66.9. The molecule has 19 heteroatoms. The van der Waals surface area contributed by atoms with E-state index >= 15 is 4.79 Å². The van der Waals surface area contributed by atoms with Crippen molar-refractivity contribution in [3.63, 3.8) is 0 Å². The van der Waals surface area contributed by atoms with Crippen molar-refractivity contribution in [3.05, 3.63) is 64.9 Å². The Morgan fingerprint density at radius 3 is 2.34 bits per heavy atom. The quantitative estimate of drug-likeness (QED) is 0.0477. The number of piperidine rings is 1. The molecule has 2 aromatic carbocycles. The number of ether oxygens (including phenoxy) is 4. The molecule has 3 fully saturated rings. The van der Waals surface area contributed by atoms with E-state index < -0.39 is 71.1 Å². The zero-order chi connectivity index (χ0) is 50.9. The number of nitrogens with one attached hydrogen (secondary N) is 2. The Balaban J connectivity index is 1.30. The molecule has 2 bridgehead atoms. The average molecular weight is 1000 g/mol. The van der Waals surface area contributed by atoms with Crippen molar-refractivity contribution in [1.82, 2.24) is 14.8 Å². The van der Waals surface area contributed by atoms with Gasteiger partial charge >= 0.3 is 25.5 Å². The molecule has 10 atom stereocenters. The first kappa shape index (κ1) is 51.1. The van der Waals surface area contributed by atoms with Gasteiger partial charge in [-0.3, -0.25) is 28.7 Å². The van der Waals surface area contributed by atoms with Crippen molar-refractivity contribution in [3.8, 4) is 5.75 Å². The molecule has 1 saturated carbocycles. The van der Waals surface area contributed by atoms with Crippen molar-refractivity contribution in [2.75, 3.05) is 90.2 Å². The molecule has 6 heterocycles. The largest absolute Gasteiger partial charge is 0.496 e. The van der Waals surface area contributed by atoms with Crippen LogP contribution in [-0.2, 0) is 64.3 Å². The zero-order valence-electron chi connectivity index (χ0n) is 42.2. The number of aliphatic hydroxyl groups is 2. The summed E-state index contributed by atoms with van der Waals surface area (Å²) in [5, 5.41) is 29.9. The molecule has 1 amide bonds. The average Bonchev–Trinajstić information content (AvgIpc) is 4.03. The van der Waals surface area contributed by atoms with Gasteiger partial charge in [-0.15, -0.1) is 0 Å². The fourth-order valence-corrected chi connectivity index (χ4v) is 15.9. The van der Waals surface area contributed by atoms with E-state index in [-0.39, 0.29) is 37.5 Å². The van der Waals surface area contributed by atoms with Crippen LogP contribution in [0.15, 0.2) is 42.5 Å². The van der Waals surface area contributed by atoms with Crippen LogP contribution < -0.4 is 15.0 Å². The first-order valence-electron chi connectivity index (χ1n) is 25.1. The molecule has 5 aliphatic heterocycles. The number of benzene rings is 2. The highest BCUT2D eigenvalue weighted by atomic mass is 31.2. The van der Waals surface area contributed by atoms with Gasteiger partial charge in [0, 0.05) is 90.4 Å². The van der Waals surface area contributed by atoms with Gasteiger partial charge in [0.2, 0.25) is 12.0 Å². The van der Waals surface area contributed by atoms with Crippen LogP contribution in [-0.4, -0.2) is 159 Å². The minimum Gasteiger partial charge on any atom is -0.496 e. The monoisotopic (exact) mass is 1000 g/mol. The number of aromatic nitrogens is 1. The standard InChI is InChI=1S/C52H70N5O13P/c1-9-48(62)27-33-28-51(46(60)66-7,42-35(16-21-55(29-33)30-48)36-24-34(14-15-39(36)54-42)53-19-23-71(64,68-11-3)69-12-4)38-25-37-40(26-41(38)65-6)57(31-58)44-50(37)18-22-56-20-13-17-49(10-2,43(50)56)45(70-32(5)59)52(44,63)47(61)67-8/h13-15,17,24-26,31,33,43-45,53-54,62-63H,9-12,16,18-23,27-30H2,1-8H3/t33-,43-,44+,45+,48-,49+,50+,51-,52-/m0/s1. The molecule has 6 aliphatic rings. The van der Waals surface area contributed by atoms with Crippen LogP contribution in [0.3, 0.4) is 0 Å². The van der Waals surface area contributed by atoms with E-state index in [1.54, 1.807) is 19.9 Å². The van der Waals surface area contributed by atoms with Gasteiger partial charge in [0.25, 0.3) is 0 Å². The molecule has 4 N–H and O–H groups in total. The number of nitrogens with zero attached hydrogens (tertiary/aromatic N) is 3. The van der Waals surface area contributed by atoms with E-state index in [1.807, 2.05) is 50.3 Å². The molecule has 2 saturated heterocycles. The fraction of sp³-hybridized carbons (Fsp3) is 0.615. The molecule has 1 aliphatic carbocycles. The van der Waals surface area contributed by atoms with E-state index in [0.717, 1.165) is 29.3 Å². The van der Waals surface area contributed by atoms with Gasteiger partial charge in [0.15, 0.2) is 6.10 Å². The molecule has 18 nitrogen and oxygen atoms in total. The maximum Gasteiger partial charge on any atom is 0.344 e. The Labute approximate surface area is 415 Å². The van der Waals surface area contributed by atoms with Gasteiger partial charge in [-0.1, -0.05) is 26.0 Å². The summed E-state index contributed by atoms with van der Waals surface area (Å²) in [5.41, 5.74) is -3.17. The summed E-state index contributed by atoms with van der Waals surface area (Å²) >= 11 is 0. The molecule has 1 unspecified atom stereocenters. The number of rotatable bonds is 16. The van der Waals surface area contributed by atoms with E-state index in [1.165, 1.54) is 26.0 Å². The Kier molecular flexibility index (Phi) is 13.6. The third-order valence-corrected chi connectivity index (χ3v) is 19.0. The second-order valence-corrected chi connectivity index (χ2v) is 22.6. The second-order valence-electron chi connectivity index (χ2n) is 20.4. The number of anilines is 2. The number of amides is 1. The normalized spacial score (nSPS) is 32.9. The molecule has 3 aromatic rings. The third kappa shape index (κ3) is 7.67. The summed E-state index contributed by atoms with van der Waals surface area (Å²) in [7, 11) is 0.706. The number of carbonyl (C=O) groups is 4. The van der Waals surface area contributed by atoms with Crippen molar-refractivity contribution >= 4 is 54.2 Å². The smallest absolute Gasteiger partial charge is 0.344 e. The number of methoxy groups -OCH3 is 3. The summed E-state index contributed by atoms with van der Waals surface area (Å²) in [6, 6.07) is 7.72. The van der Waals surface area contributed by atoms with Gasteiger partial charge in [-0.2, -0.15) is 0 Å². The molecular formula is C52H70N5O13P. The highest BCUT2D eigenvalue weighted by Crippen LogP contribution is 2.68. The minimum absolute atomic E-state index is 0.151. The van der Waals surface area contributed by atoms with Gasteiger partial charge in [0.05, 0.1) is 58.0 Å². The van der Waals surface area contributed by atoms with Crippen LogP contribution in [0.4, 0.5) is 11.4 Å². The van der Waals surface area contributed by atoms with Gasteiger partial charge in [-0.05, 0) is 100 Å². The SMILES string of the molecule is CCOP(=O)(CCNc1ccc2[nH]c3c(c2c1)CCN1C[C@@H](C[C@@](O)(CC)C1)C[C@]3(C(=O)OC)c1cc2c(cc1OC)N(C=O)[C@H]1[C@@](O)(C(=O)OC)[C@H](OC(C)=O)[C@]3(CC)C=CCN4CC[C@]21[C@@H]43)OCC. The first-order chi connectivity index (χ1) is 34.0. The molecule has 386 valence electrons. The molecule has 1 spiro atoms. The van der Waals surface area contributed by atoms with Crippen LogP contribution >= 0.6 is 7.60 Å². The van der Waals surface area contributed by atoms with Crippen LogP contribution in [0.2, 0.25) is 0 Å². The lowest BCUT2D eigenvalue weighted by Crippen LogP contribution is -2.81. The molecule has 0 radical (unpaired) electrons. The van der Waals surface area contributed by atoms with Gasteiger partial charge < -0.3 is 53.4 Å². The molecular weight excluding hydrogens is 934 g/mol. The Morgan fingerprint density at radius 1 is 0.944 bits per heavy atom. The predicted molar refractivity (Wildman–Crippen MR) is 265 cm³/mol. The Morgan fingerprint density at radius 2 is 1.69 bits per heavy atom. The Hall–Kier alpha value is -4.81. The number of carbonyl (C=O) groups excluding carboxylic acids is 4. The maximum atomic E-state index is 15.7. The lowest BCUT2D eigenvalue weighted by Gasteiger charge is -2.63. The van der Waals surface area contributed by atoms with Crippen LogP contribution in [0.5, 0.6) is 5.75 Å². The number of hydrogen-bond acceptors (Lipinski definition) is 16. The molecule has 9 rings (SSSR count). The summed E-state index contributed by atoms with van der Waals surface area (Å²) < 4.78 is 48.4. The maximum absolute atomic E-state index is 15.7. The van der Waals surface area contributed by atoms with Crippen LogP contribution in [0, 0.1) is 11.3 Å². The topological polar surface area (TPSA) is 219 Å². The van der Waals surface area contributed by atoms with E-state index in [4.69, 9.17) is 28.0 Å².